The Labute approximate surface area is 235 Å². The minimum atomic E-state index is -1.56. The van der Waals surface area contributed by atoms with Crippen LogP contribution in [0, 0.1) is 10.8 Å². The number of esters is 3. The third kappa shape index (κ3) is 3.40. The normalized spacial score (nSPS) is 29.1. The maximum absolute atomic E-state index is 14.1. The van der Waals surface area contributed by atoms with Gasteiger partial charge in [0.25, 0.3) is 0 Å². The fourth-order valence-corrected chi connectivity index (χ4v) is 6.72. The van der Waals surface area contributed by atoms with Crippen molar-refractivity contribution < 1.29 is 42.9 Å². The zero-order chi connectivity index (χ0) is 29.7. The van der Waals surface area contributed by atoms with Crippen molar-refractivity contribution in [3.63, 3.8) is 0 Å². The van der Waals surface area contributed by atoms with Crippen LogP contribution in [0.4, 0.5) is 0 Å². The monoisotopic (exact) mass is 564 g/mol. The Balaban J connectivity index is 1.61. The van der Waals surface area contributed by atoms with Gasteiger partial charge in [-0.2, -0.15) is 0 Å². The van der Waals surface area contributed by atoms with Crippen molar-refractivity contribution >= 4 is 39.6 Å². The molecule has 2 bridgehead atoms. The highest BCUT2D eigenvalue weighted by Gasteiger charge is 2.76. The van der Waals surface area contributed by atoms with E-state index >= 15 is 0 Å². The first-order chi connectivity index (χ1) is 19.2. The zero-order valence-electron chi connectivity index (χ0n) is 23.8. The molecule has 4 atom stereocenters. The number of aliphatic hydroxyl groups excluding tert-OH is 1. The second-order valence-corrected chi connectivity index (χ2v) is 12.3. The molecule has 0 spiro atoms. The second kappa shape index (κ2) is 8.55. The number of carbonyl (C=O) groups is 3. The summed E-state index contributed by atoms with van der Waals surface area (Å²) in [4.78, 5) is 52.8. The molecule has 0 amide bonds. The number of benzene rings is 2. The van der Waals surface area contributed by atoms with Crippen molar-refractivity contribution in [1.29, 1.82) is 0 Å². The molecule has 0 unspecified atom stereocenters. The van der Waals surface area contributed by atoms with Crippen LogP contribution < -0.4 is 10.4 Å². The van der Waals surface area contributed by atoms with Gasteiger partial charge < -0.3 is 28.5 Å². The number of rotatable bonds is 4. The maximum Gasteiger partial charge on any atom is 0.351 e. The molecule has 1 aliphatic carbocycles. The van der Waals surface area contributed by atoms with E-state index < -0.39 is 57.8 Å². The van der Waals surface area contributed by atoms with Gasteiger partial charge in [-0.1, -0.05) is 38.1 Å². The highest BCUT2D eigenvalue weighted by molar-refractivity contribution is 6.18. The first kappa shape index (κ1) is 27.3. The average Bonchev–Trinajstić information content (AvgIpc) is 3.21. The summed E-state index contributed by atoms with van der Waals surface area (Å²) in [7, 11) is 0. The first-order valence-electron chi connectivity index (χ1n) is 13.7. The largest absolute Gasteiger partial charge is 0.484 e. The molecule has 216 valence electrons. The molecule has 1 aromatic heterocycles. The third-order valence-corrected chi connectivity index (χ3v) is 9.68. The summed E-state index contributed by atoms with van der Waals surface area (Å²) in [5.41, 5.74) is -5.42. The lowest BCUT2D eigenvalue weighted by Crippen LogP contribution is -2.53. The molecule has 3 aromatic rings. The van der Waals surface area contributed by atoms with E-state index in [1.807, 2.05) is 0 Å². The van der Waals surface area contributed by atoms with Crippen molar-refractivity contribution in [2.24, 2.45) is 10.8 Å². The Hall–Kier alpha value is -3.92. The van der Waals surface area contributed by atoms with Crippen molar-refractivity contribution in [2.75, 3.05) is 6.61 Å². The second-order valence-electron chi connectivity index (χ2n) is 12.3. The Morgan fingerprint density at radius 2 is 1.71 bits per heavy atom. The quantitative estimate of drug-likeness (QED) is 0.210. The van der Waals surface area contributed by atoms with Gasteiger partial charge in [0, 0.05) is 22.3 Å². The van der Waals surface area contributed by atoms with E-state index in [1.165, 1.54) is 0 Å². The van der Waals surface area contributed by atoms with Gasteiger partial charge in [0.2, 0.25) is 5.60 Å². The van der Waals surface area contributed by atoms with E-state index in [4.69, 9.17) is 23.4 Å². The predicted molar refractivity (Wildman–Crippen MR) is 145 cm³/mol. The molecule has 2 aliphatic heterocycles. The lowest BCUT2D eigenvalue weighted by Gasteiger charge is -2.43. The molecule has 3 aliphatic rings. The summed E-state index contributed by atoms with van der Waals surface area (Å²) in [6.07, 6.45) is -2.12. The summed E-state index contributed by atoms with van der Waals surface area (Å²) < 4.78 is 29.1. The number of fused-ring (bicyclic) bond motifs is 8. The number of hydrogen-bond acceptors (Lipinski definition) is 10. The van der Waals surface area contributed by atoms with E-state index in [9.17, 15) is 24.3 Å². The highest BCUT2D eigenvalue weighted by Crippen LogP contribution is 2.66. The maximum atomic E-state index is 14.1. The fraction of sp³-hybridized carbons (Fsp3) is 0.484. The SMILES string of the molecule is CCOC(=O)c1cc(=O)oc2c3c(c4ccccc4c12)OC(C)(C)[C@H](O)[C@@H]3OC(=O)[C@@]12CC[C@@](C)(C(=O)O1)C2(C)C. The summed E-state index contributed by atoms with van der Waals surface area (Å²) in [6.45, 7) is 10.4. The van der Waals surface area contributed by atoms with Gasteiger partial charge in [-0.3, -0.25) is 4.79 Å². The van der Waals surface area contributed by atoms with E-state index in [0.717, 1.165) is 6.07 Å². The van der Waals surface area contributed by atoms with E-state index in [2.05, 4.69) is 0 Å². The molecule has 0 radical (unpaired) electrons. The van der Waals surface area contributed by atoms with Gasteiger partial charge in [0.1, 0.15) is 17.5 Å². The van der Waals surface area contributed by atoms with Crippen LogP contribution in [0.5, 0.6) is 5.75 Å². The van der Waals surface area contributed by atoms with Crippen LogP contribution >= 0.6 is 0 Å². The number of carbonyl (C=O) groups excluding carboxylic acids is 3. The van der Waals surface area contributed by atoms with Gasteiger partial charge in [-0.25, -0.2) is 14.4 Å². The summed E-state index contributed by atoms with van der Waals surface area (Å²) in [5, 5.41) is 12.9. The number of aliphatic hydroxyl groups is 1. The zero-order valence-corrected chi connectivity index (χ0v) is 23.8. The number of hydrogen-bond donors (Lipinski definition) is 1. The molecule has 1 saturated heterocycles. The van der Waals surface area contributed by atoms with E-state index in [1.54, 1.807) is 65.8 Å². The van der Waals surface area contributed by atoms with Crippen LogP contribution in [0.25, 0.3) is 21.7 Å². The Morgan fingerprint density at radius 3 is 2.32 bits per heavy atom. The first-order valence-corrected chi connectivity index (χ1v) is 13.7. The molecule has 6 rings (SSSR count). The van der Waals surface area contributed by atoms with Crippen LogP contribution in [0.2, 0.25) is 0 Å². The molecule has 10 heteroatoms. The molecule has 2 fully saturated rings. The third-order valence-electron chi connectivity index (χ3n) is 9.68. The number of ether oxygens (including phenoxy) is 4. The average molecular weight is 565 g/mol. The van der Waals surface area contributed by atoms with Gasteiger partial charge in [-0.15, -0.1) is 0 Å². The van der Waals surface area contributed by atoms with E-state index in [0.29, 0.717) is 17.2 Å². The summed E-state index contributed by atoms with van der Waals surface area (Å²) in [5.74, 6) is -1.78. The lowest BCUT2D eigenvalue weighted by molar-refractivity contribution is -0.199. The van der Waals surface area contributed by atoms with Crippen LogP contribution in [-0.4, -0.2) is 46.9 Å². The van der Waals surface area contributed by atoms with Crippen LogP contribution in [-0.2, 0) is 23.8 Å². The van der Waals surface area contributed by atoms with Gasteiger partial charge in [-0.05, 0) is 45.9 Å². The van der Waals surface area contributed by atoms with E-state index in [-0.39, 0.29) is 40.9 Å². The van der Waals surface area contributed by atoms with Gasteiger partial charge in [0.05, 0.1) is 23.1 Å². The van der Waals surface area contributed by atoms with Crippen molar-refractivity contribution in [3.8, 4) is 5.75 Å². The summed E-state index contributed by atoms with van der Waals surface area (Å²) in [6, 6.07) is 8.12. The molecular formula is C31H32O10. The van der Waals surface area contributed by atoms with Crippen molar-refractivity contribution in [3.05, 3.63) is 51.9 Å². The Morgan fingerprint density at radius 1 is 1.02 bits per heavy atom. The molecule has 1 N–H and O–H groups in total. The Kier molecular flexibility index (Phi) is 5.68. The van der Waals surface area contributed by atoms with Gasteiger partial charge in [0.15, 0.2) is 11.7 Å². The standard InChI is InChI=1S/C31H32O10/c1-7-37-25(34)17-14-18(32)38-22-19(17)15-10-8-9-11-16(15)21-20(22)23(24(33)28(2,3)40-21)39-27(36)31-13-12-30(6,26(35)41-31)29(31,4)5/h8-11,14,23-24,33H,7,12-13H2,1-6H3/t23-,24-,30+,31-/m1/s1. The Bertz CT molecular complexity index is 1720. The topological polar surface area (TPSA) is 139 Å². The van der Waals surface area contributed by atoms with Gasteiger partial charge >= 0.3 is 23.5 Å². The van der Waals surface area contributed by atoms with Crippen molar-refractivity contribution in [2.45, 2.75) is 77.8 Å². The lowest BCUT2D eigenvalue weighted by atomic mass is 9.66. The smallest absolute Gasteiger partial charge is 0.351 e. The molecule has 10 nitrogen and oxygen atoms in total. The molecular weight excluding hydrogens is 532 g/mol. The molecule has 1 saturated carbocycles. The predicted octanol–water partition coefficient (Wildman–Crippen LogP) is 4.36. The minimum absolute atomic E-state index is 0.0301. The van der Waals surface area contributed by atoms with Crippen LogP contribution in [0.3, 0.4) is 0 Å². The minimum Gasteiger partial charge on any atom is -0.484 e. The van der Waals surface area contributed by atoms with Crippen LogP contribution in [0.15, 0.2) is 39.5 Å². The highest BCUT2D eigenvalue weighted by atomic mass is 16.6. The van der Waals surface area contributed by atoms with Crippen molar-refractivity contribution in [1.82, 2.24) is 0 Å². The molecule has 2 aromatic carbocycles. The fourth-order valence-electron chi connectivity index (χ4n) is 6.72. The summed E-state index contributed by atoms with van der Waals surface area (Å²) >= 11 is 0. The molecule has 41 heavy (non-hydrogen) atoms. The molecule has 3 heterocycles. The van der Waals surface area contributed by atoms with Crippen LogP contribution in [0.1, 0.15) is 76.4 Å².